The summed E-state index contributed by atoms with van der Waals surface area (Å²) >= 11 is 0. The summed E-state index contributed by atoms with van der Waals surface area (Å²) in [6.07, 6.45) is 0.799. The van der Waals surface area contributed by atoms with Gasteiger partial charge in [-0.1, -0.05) is 66.7 Å². The highest BCUT2D eigenvalue weighted by atomic mass is 31.2. The van der Waals surface area contributed by atoms with E-state index in [9.17, 15) is 4.79 Å². The molecule has 0 spiro atoms. The number of nitrogens with one attached hydrogen (secondary N) is 1. The zero-order valence-electron chi connectivity index (χ0n) is 16.8. The second-order valence-corrected chi connectivity index (χ2v) is 8.13. The molecule has 0 bridgehead atoms. The van der Waals surface area contributed by atoms with Crippen LogP contribution in [-0.2, 0) is 11.0 Å². The van der Waals surface area contributed by atoms with Gasteiger partial charge in [-0.15, -0.1) is 0 Å². The van der Waals surface area contributed by atoms with Gasteiger partial charge in [-0.25, -0.2) is 9.55 Å². The first-order valence-corrected chi connectivity index (χ1v) is 11.2. The maximum atomic E-state index is 13.1. The summed E-state index contributed by atoms with van der Waals surface area (Å²) in [4.78, 5) is 39.4. The molecule has 7 nitrogen and oxygen atoms in total. The summed E-state index contributed by atoms with van der Waals surface area (Å²) in [6, 6.07) is 25.9. The number of rotatable bonds is 4. The number of benzene rings is 3. The van der Waals surface area contributed by atoms with Crippen LogP contribution >= 0.6 is 7.82 Å². The van der Waals surface area contributed by atoms with Crippen LogP contribution in [-0.4, -0.2) is 31.6 Å². The van der Waals surface area contributed by atoms with E-state index in [-0.39, 0.29) is 11.9 Å². The molecule has 0 aliphatic heterocycles. The minimum Gasteiger partial charge on any atom is -0.349 e. The number of carbonyl (C=O) groups excluding carboxylic acids is 1. The topological polar surface area (TPSA) is 120 Å². The van der Waals surface area contributed by atoms with Gasteiger partial charge in [-0.2, -0.15) is 0 Å². The molecule has 31 heavy (non-hydrogen) atoms. The Kier molecular flexibility index (Phi) is 7.15. The smallest absolute Gasteiger partial charge is 0.349 e. The number of carbonyl (C=O) groups is 1. The molecule has 3 aromatic carbocycles. The fourth-order valence-electron chi connectivity index (χ4n) is 3.40. The van der Waals surface area contributed by atoms with Crippen LogP contribution in [0, 0.1) is 0 Å². The molecule has 0 fully saturated rings. The van der Waals surface area contributed by atoms with Crippen LogP contribution in [0.25, 0.3) is 21.8 Å². The summed E-state index contributed by atoms with van der Waals surface area (Å²) in [5.74, 6) is -0.0526. The van der Waals surface area contributed by atoms with Crippen LogP contribution < -0.4 is 5.32 Å². The van der Waals surface area contributed by atoms with Gasteiger partial charge in [0.2, 0.25) is 0 Å². The molecule has 8 heteroatoms. The number of aromatic nitrogens is 1. The fraction of sp³-hybridized carbons (Fsp3) is 0.130. The third kappa shape index (κ3) is 6.44. The third-order valence-electron chi connectivity index (χ3n) is 4.58. The molecule has 0 radical (unpaired) electrons. The first kappa shape index (κ1) is 22.6. The van der Waals surface area contributed by atoms with Crippen LogP contribution in [0.4, 0.5) is 0 Å². The van der Waals surface area contributed by atoms with Crippen LogP contribution in [0.5, 0.6) is 0 Å². The number of fused-ring (bicyclic) bond motifs is 2. The summed E-state index contributed by atoms with van der Waals surface area (Å²) in [7, 11) is -4.64. The van der Waals surface area contributed by atoms with Gasteiger partial charge in [0.15, 0.2) is 0 Å². The van der Waals surface area contributed by atoms with Crippen molar-refractivity contribution in [3.63, 3.8) is 0 Å². The van der Waals surface area contributed by atoms with E-state index >= 15 is 0 Å². The number of nitrogens with zero attached hydrogens (tertiary/aromatic N) is 1. The highest BCUT2D eigenvalue weighted by molar-refractivity contribution is 7.45. The minimum atomic E-state index is -4.64. The summed E-state index contributed by atoms with van der Waals surface area (Å²) in [6.45, 7) is 2.04. The maximum Gasteiger partial charge on any atom is 0.466 e. The van der Waals surface area contributed by atoms with Crippen molar-refractivity contribution in [3.05, 3.63) is 90.0 Å². The van der Waals surface area contributed by atoms with Crippen molar-refractivity contribution in [2.75, 3.05) is 0 Å². The van der Waals surface area contributed by atoms with Gasteiger partial charge in [0.1, 0.15) is 0 Å². The van der Waals surface area contributed by atoms with Gasteiger partial charge in [-0.05, 0) is 31.0 Å². The number of hydrogen-bond acceptors (Lipinski definition) is 3. The largest absolute Gasteiger partial charge is 0.466 e. The molecule has 1 atom stereocenters. The maximum absolute atomic E-state index is 13.1. The Balaban J connectivity index is 0.000000491. The van der Waals surface area contributed by atoms with E-state index in [1.165, 1.54) is 5.56 Å². The summed E-state index contributed by atoms with van der Waals surface area (Å²) in [5.41, 5.74) is 3.59. The number of pyridine rings is 1. The first-order chi connectivity index (χ1) is 14.7. The Morgan fingerprint density at radius 1 is 0.871 bits per heavy atom. The lowest BCUT2D eigenvalue weighted by molar-refractivity contribution is 0.0943. The average molecular weight is 438 g/mol. The molecule has 160 valence electrons. The molecule has 4 rings (SSSR count). The van der Waals surface area contributed by atoms with Crippen LogP contribution in [0.2, 0.25) is 0 Å². The lowest BCUT2D eigenvalue weighted by Gasteiger charge is -2.16. The van der Waals surface area contributed by atoms with E-state index in [0.29, 0.717) is 5.56 Å². The zero-order chi connectivity index (χ0) is 22.4. The van der Waals surface area contributed by atoms with E-state index in [1.807, 2.05) is 73.7 Å². The molecule has 1 unspecified atom stereocenters. The Hall–Kier alpha value is -3.09. The number of amides is 1. The molecule has 4 aromatic rings. The Bertz CT molecular complexity index is 1180. The van der Waals surface area contributed by atoms with Gasteiger partial charge in [0.25, 0.3) is 5.91 Å². The first-order valence-electron chi connectivity index (χ1n) is 9.63. The molecular formula is C23H23N2O5P. The van der Waals surface area contributed by atoms with Crippen LogP contribution in [0.3, 0.4) is 0 Å². The van der Waals surface area contributed by atoms with Gasteiger partial charge in [0.05, 0.1) is 16.6 Å². The van der Waals surface area contributed by atoms with Gasteiger partial charge in [0, 0.05) is 16.8 Å². The highest BCUT2D eigenvalue weighted by Gasteiger charge is 2.17. The molecule has 1 amide bonds. The third-order valence-corrected chi connectivity index (χ3v) is 4.58. The Labute approximate surface area is 179 Å². The van der Waals surface area contributed by atoms with Gasteiger partial charge < -0.3 is 20.0 Å². The van der Waals surface area contributed by atoms with Crippen LogP contribution in [0.1, 0.15) is 22.8 Å². The van der Waals surface area contributed by atoms with E-state index in [1.54, 1.807) is 0 Å². The van der Waals surface area contributed by atoms with Crippen molar-refractivity contribution >= 4 is 35.5 Å². The minimum absolute atomic E-state index is 0.0376. The lowest BCUT2D eigenvalue weighted by atomic mass is 10.0. The Morgan fingerprint density at radius 2 is 1.32 bits per heavy atom. The van der Waals surface area contributed by atoms with Crippen molar-refractivity contribution < 1.29 is 24.0 Å². The van der Waals surface area contributed by atoms with Gasteiger partial charge in [-0.3, -0.25) is 4.79 Å². The van der Waals surface area contributed by atoms with Crippen molar-refractivity contribution in [3.8, 4) is 0 Å². The second kappa shape index (κ2) is 9.81. The van der Waals surface area contributed by atoms with E-state index in [0.717, 1.165) is 28.2 Å². The molecular weight excluding hydrogens is 415 g/mol. The normalized spacial score (nSPS) is 12.1. The quantitative estimate of drug-likeness (QED) is 0.284. The van der Waals surface area contributed by atoms with E-state index < -0.39 is 7.82 Å². The van der Waals surface area contributed by atoms with Crippen molar-refractivity contribution in [1.82, 2.24) is 10.3 Å². The highest BCUT2D eigenvalue weighted by Crippen LogP contribution is 2.26. The Morgan fingerprint density at radius 3 is 1.84 bits per heavy atom. The second-order valence-electron chi connectivity index (χ2n) is 7.10. The molecule has 0 saturated carbocycles. The van der Waals surface area contributed by atoms with Crippen LogP contribution in [0.15, 0.2) is 78.9 Å². The number of para-hydroxylation sites is 2. The summed E-state index contributed by atoms with van der Waals surface area (Å²) < 4.78 is 8.88. The molecule has 0 saturated heterocycles. The fourth-order valence-corrected chi connectivity index (χ4v) is 3.40. The molecule has 0 aliphatic carbocycles. The molecule has 0 aliphatic rings. The van der Waals surface area contributed by atoms with E-state index in [2.05, 4.69) is 22.4 Å². The van der Waals surface area contributed by atoms with Crippen molar-refractivity contribution in [2.24, 2.45) is 0 Å². The number of phosphoric acid groups is 1. The predicted octanol–water partition coefficient (Wildman–Crippen LogP) is 3.82. The van der Waals surface area contributed by atoms with Gasteiger partial charge >= 0.3 is 7.82 Å². The predicted molar refractivity (Wildman–Crippen MR) is 121 cm³/mol. The average Bonchev–Trinajstić information content (AvgIpc) is 2.71. The SMILES string of the molecule is CC(Cc1ccccc1)NC(=O)c1c2ccccc2nc2ccccc12.O=P(O)(O)O. The summed E-state index contributed by atoms with van der Waals surface area (Å²) in [5, 5.41) is 4.93. The van der Waals surface area contributed by atoms with E-state index in [4.69, 9.17) is 19.2 Å². The van der Waals surface area contributed by atoms with Crippen molar-refractivity contribution in [1.29, 1.82) is 0 Å². The molecule has 4 N–H and O–H groups in total. The molecule has 1 aromatic heterocycles. The van der Waals surface area contributed by atoms with Crippen molar-refractivity contribution in [2.45, 2.75) is 19.4 Å². The lowest BCUT2D eigenvalue weighted by Crippen LogP contribution is -2.34. The zero-order valence-corrected chi connectivity index (χ0v) is 17.7. The monoisotopic (exact) mass is 438 g/mol. The standard InChI is InChI=1S/C23H20N2O.H3O4P/c1-16(15-17-9-3-2-4-10-17)24-23(26)22-18-11-5-7-13-20(18)25-21-14-8-6-12-19(21)22;1-5(2,3)4/h2-14,16H,15H2,1H3,(H,24,26);(H3,1,2,3,4). The molecule has 1 heterocycles. The number of hydrogen-bond donors (Lipinski definition) is 4.